The number of carbonyl (C=O) groups is 1. The standard InChI is InChI=1S/C19H11F2N3OS/c20-14-8-5-12(10-15(14)21)17(25)23-13-6-3-11(4-7-13)18-24-16-2-1-9-22-19(16)26-18/h1-10H,(H,23,25). The number of fused-ring (bicyclic) bond motifs is 1. The van der Waals surface area contributed by atoms with Crippen LogP contribution in [0.15, 0.2) is 60.8 Å². The molecule has 0 fully saturated rings. The van der Waals surface area contributed by atoms with Crippen LogP contribution in [0.1, 0.15) is 10.4 Å². The van der Waals surface area contributed by atoms with Gasteiger partial charge in [-0.2, -0.15) is 0 Å². The van der Waals surface area contributed by atoms with Gasteiger partial charge in [-0.25, -0.2) is 18.7 Å². The number of aromatic nitrogens is 2. The molecular formula is C19H11F2N3OS. The fraction of sp³-hybridized carbons (Fsp3) is 0. The summed E-state index contributed by atoms with van der Waals surface area (Å²) in [7, 11) is 0. The lowest BCUT2D eigenvalue weighted by molar-refractivity contribution is 0.102. The first-order valence-electron chi connectivity index (χ1n) is 7.68. The molecule has 0 atom stereocenters. The summed E-state index contributed by atoms with van der Waals surface area (Å²) in [5, 5.41) is 3.48. The minimum absolute atomic E-state index is 0.0465. The van der Waals surface area contributed by atoms with Crippen molar-refractivity contribution < 1.29 is 13.6 Å². The van der Waals surface area contributed by atoms with Crippen LogP contribution in [0.2, 0.25) is 0 Å². The van der Waals surface area contributed by atoms with Gasteiger partial charge in [0.15, 0.2) is 11.6 Å². The average Bonchev–Trinajstić information content (AvgIpc) is 3.08. The molecule has 0 aliphatic rings. The van der Waals surface area contributed by atoms with Gasteiger partial charge in [-0.1, -0.05) is 11.3 Å². The van der Waals surface area contributed by atoms with Crippen LogP contribution in [-0.2, 0) is 0 Å². The SMILES string of the molecule is O=C(Nc1ccc(-c2nc3cccnc3s2)cc1)c1ccc(F)c(F)c1. The summed E-state index contributed by atoms with van der Waals surface area (Å²) in [6, 6.07) is 13.9. The van der Waals surface area contributed by atoms with Gasteiger partial charge in [-0.15, -0.1) is 0 Å². The highest BCUT2D eigenvalue weighted by Gasteiger charge is 2.11. The Morgan fingerprint density at radius 2 is 1.81 bits per heavy atom. The van der Waals surface area contributed by atoms with E-state index in [1.807, 2.05) is 24.3 Å². The molecule has 2 heterocycles. The van der Waals surface area contributed by atoms with Gasteiger partial charge >= 0.3 is 0 Å². The van der Waals surface area contributed by atoms with Crippen molar-refractivity contribution in [1.29, 1.82) is 0 Å². The summed E-state index contributed by atoms with van der Waals surface area (Å²) in [6.45, 7) is 0. The number of benzene rings is 2. The Labute approximate surface area is 151 Å². The molecule has 1 amide bonds. The molecule has 1 N–H and O–H groups in total. The molecule has 0 radical (unpaired) electrons. The van der Waals surface area contributed by atoms with E-state index < -0.39 is 17.5 Å². The van der Waals surface area contributed by atoms with Gasteiger partial charge in [0.2, 0.25) is 0 Å². The van der Waals surface area contributed by atoms with Crippen molar-refractivity contribution in [1.82, 2.24) is 9.97 Å². The average molecular weight is 367 g/mol. The van der Waals surface area contributed by atoms with Crippen molar-refractivity contribution in [2.75, 3.05) is 5.32 Å². The molecular weight excluding hydrogens is 356 g/mol. The fourth-order valence-electron chi connectivity index (χ4n) is 2.43. The van der Waals surface area contributed by atoms with Crippen LogP contribution in [0.4, 0.5) is 14.5 Å². The maximum atomic E-state index is 13.2. The van der Waals surface area contributed by atoms with E-state index in [0.29, 0.717) is 5.69 Å². The fourth-order valence-corrected chi connectivity index (χ4v) is 3.34. The zero-order valence-electron chi connectivity index (χ0n) is 13.2. The molecule has 0 bridgehead atoms. The summed E-state index contributed by atoms with van der Waals surface area (Å²) in [4.78, 5) is 21.8. The number of halogens is 2. The lowest BCUT2D eigenvalue weighted by atomic mass is 10.1. The van der Waals surface area contributed by atoms with Crippen LogP contribution in [0, 0.1) is 11.6 Å². The van der Waals surface area contributed by atoms with E-state index in [-0.39, 0.29) is 5.56 Å². The first kappa shape index (κ1) is 16.3. The number of carbonyl (C=O) groups excluding carboxylic acids is 1. The van der Waals surface area contributed by atoms with E-state index >= 15 is 0 Å². The number of pyridine rings is 1. The van der Waals surface area contributed by atoms with Crippen LogP contribution in [0.5, 0.6) is 0 Å². The minimum Gasteiger partial charge on any atom is -0.322 e. The minimum atomic E-state index is -1.06. The van der Waals surface area contributed by atoms with Crippen LogP contribution in [-0.4, -0.2) is 15.9 Å². The second-order valence-corrected chi connectivity index (χ2v) is 6.48. The summed E-state index contributed by atoms with van der Waals surface area (Å²) in [5.74, 6) is -2.56. The molecule has 4 nitrogen and oxygen atoms in total. The number of hydrogen-bond acceptors (Lipinski definition) is 4. The van der Waals surface area contributed by atoms with Gasteiger partial charge in [0, 0.05) is 23.0 Å². The van der Waals surface area contributed by atoms with Crippen molar-refractivity contribution in [3.63, 3.8) is 0 Å². The normalized spacial score (nSPS) is 10.8. The Kier molecular flexibility index (Phi) is 4.14. The Morgan fingerprint density at radius 3 is 2.54 bits per heavy atom. The predicted molar refractivity (Wildman–Crippen MR) is 97.2 cm³/mol. The Morgan fingerprint density at radius 1 is 1.00 bits per heavy atom. The van der Waals surface area contributed by atoms with Gasteiger partial charge in [-0.3, -0.25) is 4.79 Å². The van der Waals surface area contributed by atoms with Crippen LogP contribution >= 0.6 is 11.3 Å². The quantitative estimate of drug-likeness (QED) is 0.561. The zero-order chi connectivity index (χ0) is 18.1. The molecule has 0 aliphatic carbocycles. The maximum absolute atomic E-state index is 13.2. The van der Waals surface area contributed by atoms with Crippen LogP contribution in [0.3, 0.4) is 0 Å². The molecule has 7 heteroatoms. The van der Waals surface area contributed by atoms with E-state index in [0.717, 1.165) is 33.1 Å². The van der Waals surface area contributed by atoms with E-state index in [9.17, 15) is 13.6 Å². The molecule has 0 unspecified atom stereocenters. The molecule has 0 saturated carbocycles. The lowest BCUT2D eigenvalue weighted by Crippen LogP contribution is -2.12. The second-order valence-electron chi connectivity index (χ2n) is 5.51. The number of rotatable bonds is 3. The molecule has 26 heavy (non-hydrogen) atoms. The van der Waals surface area contributed by atoms with Crippen molar-refractivity contribution >= 4 is 33.3 Å². The van der Waals surface area contributed by atoms with E-state index in [1.165, 1.54) is 17.4 Å². The molecule has 128 valence electrons. The second kappa shape index (κ2) is 6.61. The van der Waals surface area contributed by atoms with Gasteiger partial charge < -0.3 is 5.32 Å². The third-order valence-electron chi connectivity index (χ3n) is 3.74. The predicted octanol–water partition coefficient (Wildman–Crippen LogP) is 4.89. The number of amides is 1. The molecule has 2 aromatic carbocycles. The lowest BCUT2D eigenvalue weighted by Gasteiger charge is -2.06. The molecule has 0 spiro atoms. The first-order chi connectivity index (χ1) is 12.6. The zero-order valence-corrected chi connectivity index (χ0v) is 14.1. The van der Waals surface area contributed by atoms with E-state index in [1.54, 1.807) is 18.3 Å². The topological polar surface area (TPSA) is 54.9 Å². The van der Waals surface area contributed by atoms with Crippen molar-refractivity contribution in [3.05, 3.63) is 78.0 Å². The summed E-state index contributed by atoms with van der Waals surface area (Å²) in [6.07, 6.45) is 1.72. The van der Waals surface area contributed by atoms with Gasteiger partial charge in [0.05, 0.1) is 0 Å². The van der Waals surface area contributed by atoms with Gasteiger partial charge in [0.25, 0.3) is 5.91 Å². The third-order valence-corrected chi connectivity index (χ3v) is 4.77. The van der Waals surface area contributed by atoms with E-state index in [4.69, 9.17) is 0 Å². The Hall–Kier alpha value is -3.19. The van der Waals surface area contributed by atoms with Crippen LogP contribution in [0.25, 0.3) is 20.9 Å². The summed E-state index contributed by atoms with van der Waals surface area (Å²) >= 11 is 1.48. The Bertz CT molecular complexity index is 1080. The number of hydrogen-bond donors (Lipinski definition) is 1. The van der Waals surface area contributed by atoms with Gasteiger partial charge in [-0.05, 0) is 54.6 Å². The number of nitrogens with one attached hydrogen (secondary N) is 1. The van der Waals surface area contributed by atoms with Gasteiger partial charge in [0.1, 0.15) is 15.4 Å². The highest BCUT2D eigenvalue weighted by Crippen LogP contribution is 2.29. The largest absolute Gasteiger partial charge is 0.322 e. The summed E-state index contributed by atoms with van der Waals surface area (Å²) in [5.41, 5.74) is 2.33. The first-order valence-corrected chi connectivity index (χ1v) is 8.50. The highest BCUT2D eigenvalue weighted by atomic mass is 32.1. The van der Waals surface area contributed by atoms with Crippen molar-refractivity contribution in [2.24, 2.45) is 0 Å². The monoisotopic (exact) mass is 367 g/mol. The highest BCUT2D eigenvalue weighted by molar-refractivity contribution is 7.21. The number of thiazole rings is 1. The molecule has 4 aromatic rings. The Balaban J connectivity index is 1.53. The molecule has 2 aromatic heterocycles. The van der Waals surface area contributed by atoms with E-state index in [2.05, 4.69) is 15.3 Å². The number of nitrogens with zero attached hydrogens (tertiary/aromatic N) is 2. The molecule has 0 saturated heterocycles. The maximum Gasteiger partial charge on any atom is 0.255 e. The number of anilines is 1. The molecule has 0 aliphatic heterocycles. The van der Waals surface area contributed by atoms with Crippen molar-refractivity contribution in [3.8, 4) is 10.6 Å². The van der Waals surface area contributed by atoms with Crippen LogP contribution < -0.4 is 5.32 Å². The molecule has 4 rings (SSSR count). The summed E-state index contributed by atoms with van der Waals surface area (Å²) < 4.78 is 26.2. The van der Waals surface area contributed by atoms with Crippen molar-refractivity contribution in [2.45, 2.75) is 0 Å². The third kappa shape index (κ3) is 3.16. The smallest absolute Gasteiger partial charge is 0.255 e.